The lowest BCUT2D eigenvalue weighted by atomic mass is 9.99. The van der Waals surface area contributed by atoms with Gasteiger partial charge in [-0.05, 0) is 47.5 Å². The van der Waals surface area contributed by atoms with Crippen LogP contribution in [-0.2, 0) is 4.79 Å². The molecule has 0 N–H and O–H groups in total. The van der Waals surface area contributed by atoms with Crippen LogP contribution in [0.5, 0.6) is 5.75 Å². The number of hydrogen-bond acceptors (Lipinski definition) is 6. The van der Waals surface area contributed by atoms with Crippen LogP contribution in [0.15, 0.2) is 29.4 Å². The van der Waals surface area contributed by atoms with Gasteiger partial charge in [0.05, 0.1) is 10.9 Å². The van der Waals surface area contributed by atoms with Crippen molar-refractivity contribution in [1.29, 1.82) is 0 Å². The summed E-state index contributed by atoms with van der Waals surface area (Å²) < 4.78 is 41.8. The lowest BCUT2D eigenvalue weighted by Crippen LogP contribution is -2.21. The lowest BCUT2D eigenvalue weighted by Gasteiger charge is -2.19. The molecule has 1 aromatic heterocycles. The third kappa shape index (κ3) is 4.05. The first-order valence-corrected chi connectivity index (χ1v) is 8.14. The maximum atomic E-state index is 12.2. The molecule has 1 unspecified atom stereocenters. The average molecular weight is 358 g/mol. The van der Waals surface area contributed by atoms with Gasteiger partial charge in [-0.2, -0.15) is 4.68 Å². The molecule has 0 saturated heterocycles. The second-order valence-corrected chi connectivity index (χ2v) is 6.40. The normalized spacial score (nSPS) is 18.6. The number of thioether (sulfide) groups is 1. The van der Waals surface area contributed by atoms with Crippen molar-refractivity contribution in [2.75, 3.05) is 0 Å². The molecule has 0 aliphatic heterocycles. The van der Waals surface area contributed by atoms with E-state index in [1.807, 2.05) is 0 Å². The summed E-state index contributed by atoms with van der Waals surface area (Å²) >= 11 is 1.28. The van der Waals surface area contributed by atoms with Gasteiger partial charge in [0.15, 0.2) is 0 Å². The Morgan fingerprint density at radius 3 is 2.62 bits per heavy atom. The number of ether oxygens (including phenoxy) is 1. The van der Waals surface area contributed by atoms with Crippen molar-refractivity contribution < 1.29 is 22.7 Å². The zero-order valence-electron chi connectivity index (χ0n) is 12.4. The Morgan fingerprint density at radius 2 is 1.96 bits per heavy atom. The number of rotatable bonds is 4. The SMILES string of the molecule is O=C1CCCCC1Sc1nnnn1-c1ccc(OC(F)(F)F)cc1. The third-order valence-electron chi connectivity index (χ3n) is 3.50. The Labute approximate surface area is 139 Å². The lowest BCUT2D eigenvalue weighted by molar-refractivity contribution is -0.274. The zero-order valence-corrected chi connectivity index (χ0v) is 13.2. The molecule has 1 atom stereocenters. The summed E-state index contributed by atoms with van der Waals surface area (Å²) in [6, 6.07) is 5.21. The fourth-order valence-corrected chi connectivity index (χ4v) is 3.52. The maximum Gasteiger partial charge on any atom is 0.573 e. The number of hydrogen-bond donors (Lipinski definition) is 0. The monoisotopic (exact) mass is 358 g/mol. The maximum absolute atomic E-state index is 12.2. The smallest absolute Gasteiger partial charge is 0.406 e. The molecule has 3 rings (SSSR count). The van der Waals surface area contributed by atoms with Crippen molar-refractivity contribution in [1.82, 2.24) is 20.2 Å². The van der Waals surface area contributed by atoms with E-state index in [0.29, 0.717) is 17.3 Å². The van der Waals surface area contributed by atoms with E-state index in [2.05, 4.69) is 20.3 Å². The Kier molecular flexibility index (Phi) is 4.74. The third-order valence-corrected chi connectivity index (χ3v) is 4.75. The molecule has 1 saturated carbocycles. The van der Waals surface area contributed by atoms with E-state index in [4.69, 9.17) is 0 Å². The van der Waals surface area contributed by atoms with E-state index in [1.54, 1.807) is 0 Å². The molecule has 0 bridgehead atoms. The highest BCUT2D eigenvalue weighted by atomic mass is 32.2. The van der Waals surface area contributed by atoms with Gasteiger partial charge in [-0.25, -0.2) is 0 Å². The highest BCUT2D eigenvalue weighted by Crippen LogP contribution is 2.31. The van der Waals surface area contributed by atoms with Crippen molar-refractivity contribution in [2.24, 2.45) is 0 Å². The zero-order chi connectivity index (χ0) is 17.2. The van der Waals surface area contributed by atoms with E-state index in [1.165, 1.54) is 40.7 Å². The van der Waals surface area contributed by atoms with Crippen LogP contribution in [0.2, 0.25) is 0 Å². The van der Waals surface area contributed by atoms with Gasteiger partial charge in [-0.3, -0.25) is 4.79 Å². The van der Waals surface area contributed by atoms with E-state index >= 15 is 0 Å². The van der Waals surface area contributed by atoms with Gasteiger partial charge in [0.1, 0.15) is 11.5 Å². The largest absolute Gasteiger partial charge is 0.573 e. The Bertz CT molecular complexity index is 718. The number of carbonyl (C=O) groups is 1. The van der Waals surface area contributed by atoms with Gasteiger partial charge >= 0.3 is 6.36 Å². The fourth-order valence-electron chi connectivity index (χ4n) is 2.41. The van der Waals surface area contributed by atoms with Crippen LogP contribution in [0, 0.1) is 0 Å². The van der Waals surface area contributed by atoms with Gasteiger partial charge in [0.2, 0.25) is 5.16 Å². The van der Waals surface area contributed by atoms with Gasteiger partial charge in [-0.15, -0.1) is 18.3 Å². The second kappa shape index (κ2) is 6.80. The summed E-state index contributed by atoms with van der Waals surface area (Å²) in [6.45, 7) is 0. The molecule has 1 fully saturated rings. The van der Waals surface area contributed by atoms with Crippen molar-refractivity contribution in [3.8, 4) is 11.4 Å². The molecule has 2 aromatic rings. The molecule has 1 aliphatic rings. The number of halogens is 3. The number of benzene rings is 1. The van der Waals surface area contributed by atoms with Crippen LogP contribution in [0.3, 0.4) is 0 Å². The summed E-state index contributed by atoms with van der Waals surface area (Å²) in [5, 5.41) is 11.6. The van der Waals surface area contributed by atoms with Crippen LogP contribution < -0.4 is 4.74 Å². The van der Waals surface area contributed by atoms with Gasteiger partial charge < -0.3 is 4.74 Å². The number of carbonyl (C=O) groups excluding carboxylic acids is 1. The molecule has 0 spiro atoms. The van der Waals surface area contributed by atoms with E-state index in [-0.39, 0.29) is 16.8 Å². The Hall–Kier alpha value is -2.10. The molecular weight excluding hydrogens is 345 g/mol. The predicted octanol–water partition coefficient (Wildman–Crippen LogP) is 3.16. The van der Waals surface area contributed by atoms with Crippen molar-refractivity contribution in [2.45, 2.75) is 42.5 Å². The van der Waals surface area contributed by atoms with Crippen molar-refractivity contribution in [3.05, 3.63) is 24.3 Å². The minimum atomic E-state index is -4.74. The summed E-state index contributed by atoms with van der Waals surface area (Å²) in [5.41, 5.74) is 0.486. The predicted molar refractivity (Wildman–Crippen MR) is 79.0 cm³/mol. The van der Waals surface area contributed by atoms with Crippen LogP contribution >= 0.6 is 11.8 Å². The molecule has 0 radical (unpaired) electrons. The number of aromatic nitrogens is 4. The van der Waals surface area contributed by atoms with E-state index in [0.717, 1.165) is 19.3 Å². The van der Waals surface area contributed by atoms with E-state index < -0.39 is 6.36 Å². The standard InChI is InChI=1S/C14H13F3N4O2S/c15-14(16,17)23-10-7-5-9(6-8-10)21-13(18-19-20-21)24-12-4-2-1-3-11(12)22/h5-8,12H,1-4H2. The molecule has 1 aromatic carbocycles. The van der Waals surface area contributed by atoms with Crippen molar-refractivity contribution >= 4 is 17.5 Å². The summed E-state index contributed by atoms with van der Waals surface area (Å²) in [4.78, 5) is 11.9. The fraction of sp³-hybridized carbons (Fsp3) is 0.429. The number of nitrogens with zero attached hydrogens (tertiary/aromatic N) is 4. The number of tetrazole rings is 1. The molecule has 6 nitrogen and oxygen atoms in total. The Morgan fingerprint density at radius 1 is 1.21 bits per heavy atom. The topological polar surface area (TPSA) is 69.9 Å². The number of Topliss-reactive ketones (excluding diaryl/α,β-unsaturated/α-hetero) is 1. The van der Waals surface area contributed by atoms with Gasteiger partial charge in [-0.1, -0.05) is 18.2 Å². The van der Waals surface area contributed by atoms with Crippen molar-refractivity contribution in [3.63, 3.8) is 0 Å². The highest BCUT2D eigenvalue weighted by molar-refractivity contribution is 8.00. The molecule has 0 amide bonds. The quantitative estimate of drug-likeness (QED) is 0.836. The molecule has 1 heterocycles. The van der Waals surface area contributed by atoms with E-state index in [9.17, 15) is 18.0 Å². The first kappa shape index (κ1) is 16.7. The Balaban J connectivity index is 1.76. The summed E-state index contributed by atoms with van der Waals surface area (Å²) in [5.74, 6) is -0.147. The van der Waals surface area contributed by atoms with Gasteiger partial charge in [0.25, 0.3) is 0 Å². The minimum Gasteiger partial charge on any atom is -0.406 e. The first-order chi connectivity index (χ1) is 11.4. The van der Waals surface area contributed by atoms with Crippen LogP contribution in [0.4, 0.5) is 13.2 Å². The molecule has 128 valence electrons. The van der Waals surface area contributed by atoms with Crippen LogP contribution in [0.1, 0.15) is 25.7 Å². The molecule has 1 aliphatic carbocycles. The first-order valence-electron chi connectivity index (χ1n) is 7.26. The summed E-state index contributed by atoms with van der Waals surface area (Å²) in [7, 11) is 0. The molecule has 10 heteroatoms. The average Bonchev–Trinajstić information content (AvgIpc) is 2.97. The van der Waals surface area contributed by atoms with Crippen LogP contribution in [0.25, 0.3) is 5.69 Å². The number of alkyl halides is 3. The van der Waals surface area contributed by atoms with Gasteiger partial charge in [0, 0.05) is 6.42 Å². The highest BCUT2D eigenvalue weighted by Gasteiger charge is 2.31. The summed E-state index contributed by atoms with van der Waals surface area (Å²) in [6.07, 6.45) is -1.52. The second-order valence-electron chi connectivity index (χ2n) is 5.23. The van der Waals surface area contributed by atoms with Crippen LogP contribution in [-0.4, -0.2) is 37.6 Å². The molecular formula is C14H13F3N4O2S. The number of ketones is 1. The molecule has 24 heavy (non-hydrogen) atoms. The minimum absolute atomic E-state index is 0.176.